The third-order valence-corrected chi connectivity index (χ3v) is 4.00. The number of hydrogen-bond acceptors (Lipinski definition) is 4. The van der Waals surface area contributed by atoms with Gasteiger partial charge in [0.05, 0.1) is 11.3 Å². The molecule has 0 aliphatic carbocycles. The highest BCUT2D eigenvalue weighted by Crippen LogP contribution is 2.19. The van der Waals surface area contributed by atoms with Crippen molar-refractivity contribution >= 4 is 17.5 Å². The van der Waals surface area contributed by atoms with Gasteiger partial charge in [-0.25, -0.2) is 4.79 Å². The van der Waals surface area contributed by atoms with Crippen molar-refractivity contribution in [3.8, 4) is 0 Å². The van der Waals surface area contributed by atoms with E-state index in [0.29, 0.717) is 28.1 Å². The molecule has 2 rings (SSSR count). The number of benzene rings is 1. The molecule has 126 valence electrons. The Bertz CT molecular complexity index is 830. The summed E-state index contributed by atoms with van der Waals surface area (Å²) in [6.07, 6.45) is 0. The van der Waals surface area contributed by atoms with E-state index in [4.69, 9.17) is 4.74 Å². The number of hydrogen-bond donors (Lipinski definition) is 1. The standard InChI is InChI=1S/C19H21NO4/c1-10-6-7-15(11(2)8-10)19(23)24-9-16(22)18-12(3)17(14(5)21)13(4)20-18/h6-8,20H,9H2,1-5H3. The summed E-state index contributed by atoms with van der Waals surface area (Å²) in [5.41, 5.74) is 4.35. The molecule has 2 aromatic rings. The van der Waals surface area contributed by atoms with Crippen LogP contribution in [0.3, 0.4) is 0 Å². The van der Waals surface area contributed by atoms with E-state index in [1.54, 1.807) is 19.9 Å². The van der Waals surface area contributed by atoms with Crippen molar-refractivity contribution in [2.24, 2.45) is 0 Å². The molecule has 0 spiro atoms. The second-order valence-electron chi connectivity index (χ2n) is 6.00. The van der Waals surface area contributed by atoms with Crippen LogP contribution in [0.2, 0.25) is 0 Å². The number of nitrogens with one attached hydrogen (secondary N) is 1. The van der Waals surface area contributed by atoms with E-state index < -0.39 is 5.97 Å². The first-order chi connectivity index (χ1) is 11.2. The van der Waals surface area contributed by atoms with Gasteiger partial charge in [-0.15, -0.1) is 0 Å². The van der Waals surface area contributed by atoms with Crippen molar-refractivity contribution < 1.29 is 19.1 Å². The molecule has 0 unspecified atom stereocenters. The molecule has 1 heterocycles. The number of aryl methyl sites for hydroxylation is 3. The fourth-order valence-corrected chi connectivity index (χ4v) is 2.88. The Labute approximate surface area is 141 Å². The average Bonchev–Trinajstić information content (AvgIpc) is 2.79. The van der Waals surface area contributed by atoms with E-state index in [9.17, 15) is 14.4 Å². The molecule has 24 heavy (non-hydrogen) atoms. The Morgan fingerprint density at radius 3 is 2.29 bits per heavy atom. The van der Waals surface area contributed by atoms with Crippen LogP contribution in [0.15, 0.2) is 18.2 Å². The maximum absolute atomic E-state index is 12.3. The summed E-state index contributed by atoms with van der Waals surface area (Å²) >= 11 is 0. The van der Waals surface area contributed by atoms with Crippen LogP contribution in [-0.2, 0) is 4.74 Å². The summed E-state index contributed by atoms with van der Waals surface area (Å²) < 4.78 is 5.14. The maximum atomic E-state index is 12.3. The molecule has 0 bridgehead atoms. The van der Waals surface area contributed by atoms with E-state index in [1.165, 1.54) is 6.92 Å². The minimum absolute atomic E-state index is 0.104. The number of ketones is 2. The van der Waals surface area contributed by atoms with Gasteiger partial charge in [0.15, 0.2) is 12.4 Å². The van der Waals surface area contributed by atoms with Crippen molar-refractivity contribution in [1.29, 1.82) is 0 Å². The third-order valence-electron chi connectivity index (χ3n) is 4.00. The number of aromatic nitrogens is 1. The first-order valence-electron chi connectivity index (χ1n) is 7.70. The Morgan fingerprint density at radius 2 is 1.75 bits per heavy atom. The highest BCUT2D eigenvalue weighted by Gasteiger charge is 2.21. The molecule has 0 amide bonds. The smallest absolute Gasteiger partial charge is 0.338 e. The highest BCUT2D eigenvalue weighted by molar-refractivity contribution is 6.04. The Hall–Kier alpha value is -2.69. The van der Waals surface area contributed by atoms with Gasteiger partial charge < -0.3 is 9.72 Å². The summed E-state index contributed by atoms with van der Waals surface area (Å²) in [7, 11) is 0. The second kappa shape index (κ2) is 6.83. The number of carbonyl (C=O) groups excluding carboxylic acids is 3. The molecule has 5 nitrogen and oxygen atoms in total. The minimum Gasteiger partial charge on any atom is -0.454 e. The van der Waals surface area contributed by atoms with Crippen molar-refractivity contribution in [2.75, 3.05) is 6.61 Å². The van der Waals surface area contributed by atoms with Crippen LogP contribution in [0.4, 0.5) is 0 Å². The lowest BCUT2D eigenvalue weighted by Gasteiger charge is -2.07. The normalized spacial score (nSPS) is 10.5. The van der Waals surface area contributed by atoms with Gasteiger partial charge in [-0.2, -0.15) is 0 Å². The van der Waals surface area contributed by atoms with E-state index in [1.807, 2.05) is 26.0 Å². The zero-order chi connectivity index (χ0) is 18.0. The van der Waals surface area contributed by atoms with Gasteiger partial charge in [-0.1, -0.05) is 17.7 Å². The summed E-state index contributed by atoms with van der Waals surface area (Å²) in [5.74, 6) is -0.998. The molecule has 0 radical (unpaired) electrons. The molecule has 0 saturated heterocycles. The molecule has 5 heteroatoms. The van der Waals surface area contributed by atoms with Crippen molar-refractivity contribution in [3.63, 3.8) is 0 Å². The largest absolute Gasteiger partial charge is 0.454 e. The van der Waals surface area contributed by atoms with Crippen LogP contribution in [0.25, 0.3) is 0 Å². The second-order valence-corrected chi connectivity index (χ2v) is 6.00. The number of ether oxygens (including phenoxy) is 1. The van der Waals surface area contributed by atoms with E-state index in [2.05, 4.69) is 4.98 Å². The van der Waals surface area contributed by atoms with E-state index >= 15 is 0 Å². The molecule has 1 aromatic heterocycles. The predicted octanol–water partition coefficient (Wildman–Crippen LogP) is 3.49. The van der Waals surface area contributed by atoms with Gasteiger partial charge in [0.25, 0.3) is 0 Å². The van der Waals surface area contributed by atoms with Crippen LogP contribution in [0.1, 0.15) is 60.5 Å². The van der Waals surface area contributed by atoms with Crippen LogP contribution in [-0.4, -0.2) is 29.1 Å². The lowest BCUT2D eigenvalue weighted by atomic mass is 10.1. The maximum Gasteiger partial charge on any atom is 0.338 e. The van der Waals surface area contributed by atoms with Gasteiger partial charge in [-0.3, -0.25) is 9.59 Å². The Balaban J connectivity index is 2.12. The van der Waals surface area contributed by atoms with Crippen molar-refractivity contribution in [1.82, 2.24) is 4.98 Å². The number of carbonyl (C=O) groups is 3. The molecule has 0 fully saturated rings. The summed E-state index contributed by atoms with van der Waals surface area (Å²) in [6.45, 7) is 8.29. The number of esters is 1. The number of aromatic amines is 1. The number of Topliss-reactive ketones (excluding diaryl/α,β-unsaturated/α-hetero) is 2. The van der Waals surface area contributed by atoms with E-state index in [0.717, 1.165) is 11.1 Å². The molecular formula is C19H21NO4. The van der Waals surface area contributed by atoms with E-state index in [-0.39, 0.29) is 18.2 Å². The fourth-order valence-electron chi connectivity index (χ4n) is 2.88. The quantitative estimate of drug-likeness (QED) is 0.673. The molecule has 0 aliphatic rings. The van der Waals surface area contributed by atoms with Gasteiger partial charge in [0.2, 0.25) is 5.78 Å². The van der Waals surface area contributed by atoms with Crippen molar-refractivity contribution in [3.05, 3.63) is 57.4 Å². The number of rotatable bonds is 5. The molecule has 0 aliphatic heterocycles. The zero-order valence-electron chi connectivity index (χ0n) is 14.6. The first-order valence-corrected chi connectivity index (χ1v) is 7.70. The van der Waals surface area contributed by atoms with Gasteiger partial charge in [-0.05, 0) is 51.8 Å². The fraction of sp³-hybridized carbons (Fsp3) is 0.316. The SMILES string of the molecule is CC(=O)c1c(C)[nH]c(C(=O)COC(=O)c2ccc(C)cc2C)c1C. The monoisotopic (exact) mass is 327 g/mol. The lowest BCUT2D eigenvalue weighted by molar-refractivity contribution is 0.0472. The summed E-state index contributed by atoms with van der Waals surface area (Å²) in [5, 5.41) is 0. The Morgan fingerprint density at radius 1 is 1.08 bits per heavy atom. The Kier molecular flexibility index (Phi) is 5.02. The molecule has 1 aromatic carbocycles. The first kappa shape index (κ1) is 17.7. The van der Waals surface area contributed by atoms with Crippen LogP contribution >= 0.6 is 0 Å². The van der Waals surface area contributed by atoms with Crippen LogP contribution in [0.5, 0.6) is 0 Å². The lowest BCUT2D eigenvalue weighted by Crippen LogP contribution is -2.16. The third kappa shape index (κ3) is 3.45. The number of H-pyrrole nitrogens is 1. The minimum atomic E-state index is -0.534. The summed E-state index contributed by atoms with van der Waals surface area (Å²) in [6, 6.07) is 5.40. The van der Waals surface area contributed by atoms with Gasteiger partial charge in [0.1, 0.15) is 0 Å². The highest BCUT2D eigenvalue weighted by atomic mass is 16.5. The predicted molar refractivity (Wildman–Crippen MR) is 90.8 cm³/mol. The van der Waals surface area contributed by atoms with Crippen molar-refractivity contribution in [2.45, 2.75) is 34.6 Å². The average molecular weight is 327 g/mol. The molecule has 0 atom stereocenters. The molecule has 0 saturated carbocycles. The zero-order valence-corrected chi connectivity index (χ0v) is 14.6. The van der Waals surface area contributed by atoms with Gasteiger partial charge >= 0.3 is 5.97 Å². The molecule has 1 N–H and O–H groups in total. The van der Waals surface area contributed by atoms with Crippen LogP contribution in [0, 0.1) is 27.7 Å². The van der Waals surface area contributed by atoms with Crippen LogP contribution < -0.4 is 0 Å². The molecular weight excluding hydrogens is 306 g/mol. The van der Waals surface area contributed by atoms with Gasteiger partial charge in [0, 0.05) is 11.3 Å². The summed E-state index contributed by atoms with van der Waals surface area (Å²) in [4.78, 5) is 39.0. The topological polar surface area (TPSA) is 76.2 Å².